The smallest absolute Gasteiger partial charge is 0.316 e. The van der Waals surface area contributed by atoms with Crippen LogP contribution in [-0.2, 0) is 10.2 Å². The maximum absolute atomic E-state index is 12.9. The maximum atomic E-state index is 12.9. The van der Waals surface area contributed by atoms with Crippen LogP contribution in [0.4, 0.5) is 8.78 Å². The van der Waals surface area contributed by atoms with E-state index in [0.717, 1.165) is 0 Å². The molecule has 1 heterocycles. The van der Waals surface area contributed by atoms with E-state index in [1.54, 1.807) is 0 Å². The molecule has 1 N–H and O–H groups in total. The first-order valence-corrected chi connectivity index (χ1v) is 6.15. The van der Waals surface area contributed by atoms with Crippen LogP contribution in [-0.4, -0.2) is 22.0 Å². The summed E-state index contributed by atoms with van der Waals surface area (Å²) in [6.45, 7) is 0. The van der Waals surface area contributed by atoms with Gasteiger partial charge in [0.15, 0.2) is 0 Å². The van der Waals surface area contributed by atoms with E-state index in [1.807, 2.05) is 22.6 Å². The molecule has 0 unspecified atom stereocenters. The van der Waals surface area contributed by atoms with Crippen LogP contribution in [0.2, 0.25) is 5.02 Å². The van der Waals surface area contributed by atoms with Crippen LogP contribution in [0.1, 0.15) is 18.5 Å². The van der Waals surface area contributed by atoms with Gasteiger partial charge in [0.1, 0.15) is 5.41 Å². The van der Waals surface area contributed by atoms with Crippen LogP contribution in [0.5, 0.6) is 0 Å². The highest BCUT2D eigenvalue weighted by atomic mass is 127. The summed E-state index contributed by atoms with van der Waals surface area (Å²) >= 11 is 7.67. The van der Waals surface area contributed by atoms with Gasteiger partial charge < -0.3 is 5.11 Å². The van der Waals surface area contributed by atoms with Crippen molar-refractivity contribution in [3.05, 3.63) is 26.5 Å². The Labute approximate surface area is 114 Å². The summed E-state index contributed by atoms with van der Waals surface area (Å²) < 4.78 is 26.5. The van der Waals surface area contributed by atoms with E-state index in [9.17, 15) is 13.6 Å². The van der Waals surface area contributed by atoms with Crippen molar-refractivity contribution < 1.29 is 18.7 Å². The number of hydrogen-bond donors (Lipinski definition) is 1. The number of carbonyl (C=O) groups is 1. The van der Waals surface area contributed by atoms with Crippen molar-refractivity contribution in [1.82, 2.24) is 4.98 Å². The standard InChI is InChI=1S/C10H7ClF2INO2/c11-5-2-15-7(1-6(5)14)9(8(16)17)3-10(12,13)4-9/h1-2H,3-4H2,(H,16,17). The Hall–Kier alpha value is -0.500. The van der Waals surface area contributed by atoms with Crippen LogP contribution >= 0.6 is 34.2 Å². The van der Waals surface area contributed by atoms with E-state index in [1.165, 1.54) is 12.3 Å². The van der Waals surface area contributed by atoms with Crippen LogP contribution < -0.4 is 0 Å². The van der Waals surface area contributed by atoms with Crippen molar-refractivity contribution in [1.29, 1.82) is 0 Å². The van der Waals surface area contributed by atoms with E-state index in [2.05, 4.69) is 4.98 Å². The number of rotatable bonds is 2. The van der Waals surface area contributed by atoms with E-state index < -0.39 is 30.1 Å². The Morgan fingerprint density at radius 3 is 2.53 bits per heavy atom. The molecular weight excluding hydrogens is 366 g/mol. The Morgan fingerprint density at radius 2 is 2.12 bits per heavy atom. The van der Waals surface area contributed by atoms with Crippen LogP contribution in [0, 0.1) is 3.57 Å². The van der Waals surface area contributed by atoms with Crippen molar-refractivity contribution in [3.63, 3.8) is 0 Å². The summed E-state index contributed by atoms with van der Waals surface area (Å²) in [5.74, 6) is -4.19. The molecule has 0 bridgehead atoms. The summed E-state index contributed by atoms with van der Waals surface area (Å²) in [5, 5.41) is 9.50. The lowest BCUT2D eigenvalue weighted by molar-refractivity contribution is -0.174. The fraction of sp³-hybridized carbons (Fsp3) is 0.400. The van der Waals surface area contributed by atoms with E-state index >= 15 is 0 Å². The Balaban J connectivity index is 2.42. The molecule has 1 aliphatic rings. The average molecular weight is 374 g/mol. The predicted molar refractivity (Wildman–Crippen MR) is 65.5 cm³/mol. The predicted octanol–water partition coefficient (Wildman–Crippen LogP) is 3.09. The van der Waals surface area contributed by atoms with Crippen molar-refractivity contribution in [2.24, 2.45) is 0 Å². The van der Waals surface area contributed by atoms with Gasteiger partial charge in [-0.3, -0.25) is 9.78 Å². The van der Waals surface area contributed by atoms with Crippen molar-refractivity contribution >= 4 is 40.2 Å². The van der Waals surface area contributed by atoms with Gasteiger partial charge in [-0.15, -0.1) is 0 Å². The molecule has 1 saturated carbocycles. The number of nitrogens with zero attached hydrogens (tertiary/aromatic N) is 1. The molecule has 0 spiro atoms. The highest BCUT2D eigenvalue weighted by Crippen LogP contribution is 2.53. The van der Waals surface area contributed by atoms with Gasteiger partial charge in [-0.1, -0.05) is 11.6 Å². The van der Waals surface area contributed by atoms with Gasteiger partial charge in [-0.05, 0) is 28.7 Å². The fourth-order valence-electron chi connectivity index (χ4n) is 1.95. The average Bonchev–Trinajstić information content (AvgIpc) is 2.17. The Morgan fingerprint density at radius 1 is 1.53 bits per heavy atom. The fourth-order valence-corrected chi connectivity index (χ4v) is 2.49. The third-order valence-corrected chi connectivity index (χ3v) is 4.34. The third kappa shape index (κ3) is 2.12. The molecule has 3 nitrogen and oxygen atoms in total. The highest BCUT2D eigenvalue weighted by molar-refractivity contribution is 14.1. The zero-order chi connectivity index (χ0) is 12.8. The molecule has 1 aromatic heterocycles. The lowest BCUT2D eigenvalue weighted by atomic mass is 9.64. The van der Waals surface area contributed by atoms with E-state index in [-0.39, 0.29) is 5.69 Å². The van der Waals surface area contributed by atoms with E-state index in [0.29, 0.717) is 8.59 Å². The molecule has 1 fully saturated rings. The number of pyridine rings is 1. The first-order valence-electron chi connectivity index (χ1n) is 4.70. The van der Waals surface area contributed by atoms with Gasteiger partial charge in [-0.2, -0.15) is 0 Å². The van der Waals surface area contributed by atoms with Gasteiger partial charge in [0.05, 0.1) is 10.7 Å². The minimum atomic E-state index is -2.93. The van der Waals surface area contributed by atoms with Gasteiger partial charge in [0, 0.05) is 22.6 Å². The molecule has 7 heteroatoms. The number of alkyl halides is 2. The summed E-state index contributed by atoms with van der Waals surface area (Å²) in [5.41, 5.74) is -1.43. The molecular formula is C10H7ClF2INO2. The summed E-state index contributed by atoms with van der Waals surface area (Å²) in [4.78, 5) is 15.0. The van der Waals surface area contributed by atoms with Gasteiger partial charge >= 0.3 is 5.97 Å². The van der Waals surface area contributed by atoms with Gasteiger partial charge in [0.25, 0.3) is 5.92 Å². The molecule has 0 amide bonds. The summed E-state index contributed by atoms with van der Waals surface area (Å²) in [6, 6.07) is 1.45. The minimum absolute atomic E-state index is 0.143. The molecule has 1 aromatic rings. The second kappa shape index (κ2) is 4.01. The first kappa shape index (κ1) is 12.9. The van der Waals surface area contributed by atoms with Crippen LogP contribution in [0.15, 0.2) is 12.3 Å². The molecule has 92 valence electrons. The Kier molecular flexibility index (Phi) is 3.05. The summed E-state index contributed by atoms with van der Waals surface area (Å²) in [7, 11) is 0. The monoisotopic (exact) mass is 373 g/mol. The van der Waals surface area contributed by atoms with Gasteiger partial charge in [-0.25, -0.2) is 8.78 Å². The largest absolute Gasteiger partial charge is 0.481 e. The second-order valence-corrected chi connectivity index (χ2v) is 5.65. The normalized spacial score (nSPS) is 20.7. The lowest BCUT2D eigenvalue weighted by Crippen LogP contribution is -2.54. The number of aliphatic carboxylic acids is 1. The van der Waals surface area contributed by atoms with Crippen LogP contribution in [0.3, 0.4) is 0 Å². The van der Waals surface area contributed by atoms with Crippen molar-refractivity contribution in [2.45, 2.75) is 24.2 Å². The van der Waals surface area contributed by atoms with Crippen LogP contribution in [0.25, 0.3) is 0 Å². The van der Waals surface area contributed by atoms with Crippen molar-refractivity contribution in [2.75, 3.05) is 0 Å². The minimum Gasteiger partial charge on any atom is -0.481 e. The highest BCUT2D eigenvalue weighted by Gasteiger charge is 2.63. The SMILES string of the molecule is O=C(O)C1(c2cc(I)c(Cl)cn2)CC(F)(F)C1. The number of halogens is 4. The number of carboxylic acids is 1. The Bertz CT molecular complexity index is 487. The molecule has 0 radical (unpaired) electrons. The quantitative estimate of drug-likeness (QED) is 0.811. The third-order valence-electron chi connectivity index (χ3n) is 2.83. The zero-order valence-corrected chi connectivity index (χ0v) is 11.3. The molecule has 0 atom stereocenters. The van der Waals surface area contributed by atoms with Crippen molar-refractivity contribution in [3.8, 4) is 0 Å². The summed E-state index contributed by atoms with van der Waals surface area (Å²) in [6.07, 6.45) is -0.125. The number of carboxylic acid groups (broad SMARTS) is 1. The van der Waals surface area contributed by atoms with E-state index in [4.69, 9.17) is 16.7 Å². The molecule has 0 aromatic carbocycles. The first-order chi connectivity index (χ1) is 7.77. The molecule has 17 heavy (non-hydrogen) atoms. The molecule has 2 rings (SSSR count). The zero-order valence-electron chi connectivity index (χ0n) is 8.38. The molecule has 0 aliphatic heterocycles. The number of hydrogen-bond acceptors (Lipinski definition) is 2. The number of aromatic nitrogens is 1. The molecule has 1 aliphatic carbocycles. The maximum Gasteiger partial charge on any atom is 0.316 e. The second-order valence-electron chi connectivity index (χ2n) is 4.08. The topological polar surface area (TPSA) is 50.2 Å². The lowest BCUT2D eigenvalue weighted by Gasteiger charge is -2.43. The molecule has 0 saturated heterocycles. The van der Waals surface area contributed by atoms with Gasteiger partial charge in [0.2, 0.25) is 0 Å².